The molecular formula is C29H40N2O4. The molecule has 1 heterocycles. The number of carbonyl (C=O) groups excluding carboxylic acids is 1. The fraction of sp³-hybridized carbons (Fsp3) is 0.552. The van der Waals surface area contributed by atoms with E-state index in [1.165, 1.54) is 0 Å². The summed E-state index contributed by atoms with van der Waals surface area (Å²) in [7, 11) is 0. The van der Waals surface area contributed by atoms with Gasteiger partial charge in [-0.3, -0.25) is 0 Å². The first-order valence-electron chi connectivity index (χ1n) is 13.1. The summed E-state index contributed by atoms with van der Waals surface area (Å²) < 4.78 is 11.2. The van der Waals surface area contributed by atoms with Crippen LogP contribution in [0, 0.1) is 11.8 Å². The molecule has 35 heavy (non-hydrogen) atoms. The van der Waals surface area contributed by atoms with Crippen molar-refractivity contribution in [3.8, 4) is 0 Å². The highest BCUT2D eigenvalue weighted by Crippen LogP contribution is 2.36. The van der Waals surface area contributed by atoms with Gasteiger partial charge in [-0.1, -0.05) is 74.5 Å². The Bertz CT molecular complexity index is 867. The van der Waals surface area contributed by atoms with E-state index in [4.69, 9.17) is 9.47 Å². The van der Waals surface area contributed by atoms with Gasteiger partial charge in [-0.05, 0) is 55.1 Å². The van der Waals surface area contributed by atoms with Crippen LogP contribution in [0.15, 0.2) is 60.7 Å². The van der Waals surface area contributed by atoms with Crippen LogP contribution in [0.4, 0.5) is 4.79 Å². The number of amides is 2. The summed E-state index contributed by atoms with van der Waals surface area (Å²) in [4.78, 5) is 13.2. The molecule has 3 N–H and O–H groups in total. The van der Waals surface area contributed by atoms with E-state index in [9.17, 15) is 9.90 Å². The van der Waals surface area contributed by atoms with Crippen LogP contribution in [0.3, 0.4) is 0 Å². The molecule has 1 atom stereocenters. The van der Waals surface area contributed by atoms with E-state index in [2.05, 4.69) is 24.5 Å². The summed E-state index contributed by atoms with van der Waals surface area (Å²) in [5.74, 6) is 0.865. The predicted molar refractivity (Wildman–Crippen MR) is 137 cm³/mol. The van der Waals surface area contributed by atoms with Crippen molar-refractivity contribution in [1.29, 1.82) is 0 Å². The lowest BCUT2D eigenvalue weighted by molar-refractivity contribution is -0.0601. The molecule has 0 unspecified atom stereocenters. The summed E-state index contributed by atoms with van der Waals surface area (Å²) >= 11 is 0. The van der Waals surface area contributed by atoms with Crippen LogP contribution < -0.4 is 10.6 Å². The van der Waals surface area contributed by atoms with Crippen molar-refractivity contribution in [2.45, 2.75) is 76.3 Å². The molecule has 6 nitrogen and oxygen atoms in total. The van der Waals surface area contributed by atoms with Gasteiger partial charge in [-0.2, -0.15) is 0 Å². The third kappa shape index (κ3) is 6.63. The predicted octanol–water partition coefficient (Wildman–Crippen LogP) is 4.96. The van der Waals surface area contributed by atoms with Gasteiger partial charge in [0.25, 0.3) is 0 Å². The van der Waals surface area contributed by atoms with Crippen LogP contribution in [0.2, 0.25) is 0 Å². The molecule has 0 radical (unpaired) electrons. The molecule has 4 rings (SSSR count). The number of rotatable bonds is 9. The lowest BCUT2D eigenvalue weighted by atomic mass is 9.77. The second kappa shape index (κ2) is 12.0. The fourth-order valence-corrected chi connectivity index (χ4v) is 5.50. The monoisotopic (exact) mass is 480 g/mol. The fourth-order valence-electron chi connectivity index (χ4n) is 5.50. The van der Waals surface area contributed by atoms with E-state index >= 15 is 0 Å². The van der Waals surface area contributed by atoms with Crippen molar-refractivity contribution in [3.63, 3.8) is 0 Å². The first-order chi connectivity index (χ1) is 16.9. The highest BCUT2D eigenvalue weighted by molar-refractivity contribution is 5.75. The average molecular weight is 481 g/mol. The van der Waals surface area contributed by atoms with E-state index in [1.54, 1.807) is 0 Å². The molecule has 6 heteroatoms. The van der Waals surface area contributed by atoms with Crippen molar-refractivity contribution in [2.75, 3.05) is 13.2 Å². The minimum atomic E-state index is -1.34. The first-order valence-corrected chi connectivity index (χ1v) is 13.1. The maximum Gasteiger partial charge on any atom is 0.315 e. The van der Waals surface area contributed by atoms with E-state index < -0.39 is 11.6 Å². The van der Waals surface area contributed by atoms with Crippen LogP contribution in [-0.2, 0) is 15.1 Å². The Balaban J connectivity index is 1.43. The second-order valence-electron chi connectivity index (χ2n) is 10.4. The zero-order chi connectivity index (χ0) is 24.7. The van der Waals surface area contributed by atoms with Crippen LogP contribution in [0.5, 0.6) is 0 Å². The molecular weight excluding hydrogens is 440 g/mol. The number of aliphatic hydroxyl groups is 1. The highest BCUT2D eigenvalue weighted by atomic mass is 16.7. The molecule has 0 bridgehead atoms. The number of nitrogens with one attached hydrogen (secondary N) is 2. The van der Waals surface area contributed by atoms with Crippen LogP contribution >= 0.6 is 0 Å². The number of carbonyl (C=O) groups is 1. The van der Waals surface area contributed by atoms with E-state index in [-0.39, 0.29) is 24.3 Å². The summed E-state index contributed by atoms with van der Waals surface area (Å²) in [5.41, 5.74) is 0.200. The number of urea groups is 1. The third-order valence-corrected chi connectivity index (χ3v) is 7.34. The molecule has 2 aromatic carbocycles. The Morgan fingerprint density at radius 3 is 2.00 bits per heavy atom. The number of hydrogen-bond donors (Lipinski definition) is 3. The Morgan fingerprint density at radius 1 is 0.943 bits per heavy atom. The maximum atomic E-state index is 13.2. The number of ether oxygens (including phenoxy) is 2. The SMILES string of the molecule is CC(C)C[C@H](NC(=O)N[C@H]1CC[C@H](CC2OCCO2)CC1)C(O)(c1ccccc1)c1ccccc1. The summed E-state index contributed by atoms with van der Waals surface area (Å²) in [6.45, 7) is 5.61. The van der Waals surface area contributed by atoms with E-state index in [0.717, 1.165) is 43.2 Å². The number of benzene rings is 2. The summed E-state index contributed by atoms with van der Waals surface area (Å²) in [6.07, 6.45) is 5.53. The summed E-state index contributed by atoms with van der Waals surface area (Å²) in [5, 5.41) is 18.6. The van der Waals surface area contributed by atoms with Crippen molar-refractivity contribution in [2.24, 2.45) is 11.8 Å². The van der Waals surface area contributed by atoms with Gasteiger partial charge in [0.1, 0.15) is 5.60 Å². The van der Waals surface area contributed by atoms with Gasteiger partial charge in [0.2, 0.25) is 0 Å². The Labute approximate surface area is 209 Å². The quantitative estimate of drug-likeness (QED) is 0.474. The molecule has 1 saturated heterocycles. The Hall–Kier alpha value is -2.41. The van der Waals surface area contributed by atoms with Gasteiger partial charge in [-0.25, -0.2) is 4.79 Å². The Morgan fingerprint density at radius 2 is 1.49 bits per heavy atom. The average Bonchev–Trinajstić information content (AvgIpc) is 3.38. The van der Waals surface area contributed by atoms with Crippen molar-refractivity contribution in [1.82, 2.24) is 10.6 Å². The van der Waals surface area contributed by atoms with Gasteiger partial charge in [0.15, 0.2) is 6.29 Å². The van der Waals surface area contributed by atoms with Gasteiger partial charge >= 0.3 is 6.03 Å². The largest absolute Gasteiger partial charge is 0.378 e. The van der Waals surface area contributed by atoms with Crippen LogP contribution in [-0.4, -0.2) is 42.7 Å². The van der Waals surface area contributed by atoms with E-state index in [1.807, 2.05) is 60.7 Å². The zero-order valence-electron chi connectivity index (χ0n) is 21.0. The molecule has 0 aromatic heterocycles. The molecule has 2 aliphatic rings. The molecule has 190 valence electrons. The minimum absolute atomic E-state index is 0.0572. The first kappa shape index (κ1) is 25.7. The Kier molecular flexibility index (Phi) is 8.82. The third-order valence-electron chi connectivity index (χ3n) is 7.34. The van der Waals surface area contributed by atoms with Gasteiger partial charge in [0, 0.05) is 12.5 Å². The van der Waals surface area contributed by atoms with Gasteiger partial charge < -0.3 is 25.2 Å². The zero-order valence-corrected chi connectivity index (χ0v) is 21.0. The highest BCUT2D eigenvalue weighted by Gasteiger charge is 2.41. The maximum absolute atomic E-state index is 13.2. The van der Waals surface area contributed by atoms with Crippen molar-refractivity contribution < 1.29 is 19.4 Å². The molecule has 1 aliphatic heterocycles. The molecule has 2 fully saturated rings. The topological polar surface area (TPSA) is 79.8 Å². The molecule has 1 aliphatic carbocycles. The van der Waals surface area contributed by atoms with Gasteiger partial charge in [0.05, 0.1) is 19.3 Å². The lowest BCUT2D eigenvalue weighted by Gasteiger charge is -2.39. The second-order valence-corrected chi connectivity index (χ2v) is 10.4. The standard InChI is InChI=1S/C29H40N2O4/c1-21(2)19-26(29(33,23-9-5-3-6-10-23)24-11-7-4-8-12-24)31-28(32)30-25-15-13-22(14-16-25)20-27-34-17-18-35-27/h3-12,21-22,25-27,33H,13-20H2,1-2H3,(H2,30,31,32)/t22-,25-,26-/m0/s1. The molecule has 2 aromatic rings. The lowest BCUT2D eigenvalue weighted by Crippen LogP contribution is -2.56. The van der Waals surface area contributed by atoms with Crippen molar-refractivity contribution in [3.05, 3.63) is 71.8 Å². The minimum Gasteiger partial charge on any atom is -0.378 e. The smallest absolute Gasteiger partial charge is 0.315 e. The van der Waals surface area contributed by atoms with Crippen LogP contribution in [0.25, 0.3) is 0 Å². The number of hydrogen-bond acceptors (Lipinski definition) is 4. The van der Waals surface area contributed by atoms with Gasteiger partial charge in [-0.15, -0.1) is 0 Å². The van der Waals surface area contributed by atoms with Crippen molar-refractivity contribution >= 4 is 6.03 Å². The molecule has 0 spiro atoms. The van der Waals surface area contributed by atoms with E-state index in [0.29, 0.717) is 25.6 Å². The normalized spacial score (nSPS) is 22.2. The molecule has 1 saturated carbocycles. The summed E-state index contributed by atoms with van der Waals surface area (Å²) in [6, 6.07) is 18.7. The van der Waals surface area contributed by atoms with Crippen LogP contribution in [0.1, 0.15) is 63.5 Å². The molecule has 2 amide bonds.